The molecule has 3 N–H and O–H groups in total. The van der Waals surface area contributed by atoms with E-state index in [1.165, 1.54) is 34.1 Å². The van der Waals surface area contributed by atoms with Gasteiger partial charge in [-0.2, -0.15) is 0 Å². The fraction of sp³-hybridized carbons (Fsp3) is 0.360. The van der Waals surface area contributed by atoms with Crippen LogP contribution in [0.3, 0.4) is 0 Å². The van der Waals surface area contributed by atoms with Gasteiger partial charge in [0.25, 0.3) is 0 Å². The third-order valence-electron chi connectivity index (χ3n) is 6.72. The number of aromatic nitrogens is 1. The van der Waals surface area contributed by atoms with E-state index >= 15 is 0 Å². The van der Waals surface area contributed by atoms with Crippen LogP contribution in [0.25, 0.3) is 10.9 Å². The molecule has 4 heteroatoms. The average molecular weight is 389 g/mol. The summed E-state index contributed by atoms with van der Waals surface area (Å²) in [6.45, 7) is 6.33. The highest BCUT2D eigenvalue weighted by molar-refractivity contribution is 5.88. The first-order valence-corrected chi connectivity index (χ1v) is 10.5. The number of aromatic hydroxyl groups is 1. The van der Waals surface area contributed by atoms with Gasteiger partial charge in [0.05, 0.1) is 12.3 Å². The zero-order chi connectivity index (χ0) is 20.0. The maximum absolute atomic E-state index is 9.84. The lowest BCUT2D eigenvalue weighted by atomic mass is 9.73. The summed E-state index contributed by atoms with van der Waals surface area (Å²) in [7, 11) is 0. The first-order valence-electron chi connectivity index (χ1n) is 10.5. The number of nitrogens with one attached hydrogen (secondary N) is 1. The van der Waals surface area contributed by atoms with E-state index in [0.29, 0.717) is 24.1 Å². The number of hydrogen-bond donors (Lipinski definition) is 3. The highest BCUT2D eigenvalue weighted by Gasteiger charge is 2.35. The van der Waals surface area contributed by atoms with Crippen molar-refractivity contribution in [1.82, 2.24) is 9.88 Å². The molecular weight excluding hydrogens is 360 g/mol. The molecule has 2 aromatic carbocycles. The lowest BCUT2D eigenvalue weighted by Crippen LogP contribution is -2.44. The van der Waals surface area contributed by atoms with Gasteiger partial charge in [0.15, 0.2) is 0 Å². The van der Waals surface area contributed by atoms with Gasteiger partial charge in [0.1, 0.15) is 5.75 Å². The number of benzene rings is 2. The summed E-state index contributed by atoms with van der Waals surface area (Å²) in [4.78, 5) is 6.06. The fourth-order valence-electron chi connectivity index (χ4n) is 5.46. The molecule has 0 saturated carbocycles. The van der Waals surface area contributed by atoms with Crippen LogP contribution >= 0.6 is 0 Å². The Labute approximate surface area is 171 Å². The van der Waals surface area contributed by atoms with Crippen molar-refractivity contribution in [2.24, 2.45) is 11.8 Å². The Hall–Kier alpha value is -2.72. The smallest absolute Gasteiger partial charge is 0.115 e. The molecule has 2 heterocycles. The molecule has 29 heavy (non-hydrogen) atoms. The second kappa shape index (κ2) is 7.27. The Balaban J connectivity index is 1.48. The molecule has 0 bridgehead atoms. The summed E-state index contributed by atoms with van der Waals surface area (Å²) in [6.07, 6.45) is 4.21. The summed E-state index contributed by atoms with van der Waals surface area (Å²) in [5, 5.41) is 20.8. The van der Waals surface area contributed by atoms with E-state index in [1.807, 2.05) is 12.1 Å². The molecule has 5 rings (SSSR count). The topological polar surface area (TPSA) is 59.5 Å². The number of aromatic amines is 1. The monoisotopic (exact) mass is 388 g/mol. The first-order chi connectivity index (χ1) is 14.1. The van der Waals surface area contributed by atoms with Crippen molar-refractivity contribution in [3.8, 4) is 5.75 Å². The van der Waals surface area contributed by atoms with Crippen LogP contribution in [0.5, 0.6) is 5.75 Å². The Morgan fingerprint density at radius 3 is 2.83 bits per heavy atom. The molecule has 1 aliphatic carbocycles. The quantitative estimate of drug-likeness (QED) is 0.574. The molecule has 4 nitrogen and oxygen atoms in total. The summed E-state index contributed by atoms with van der Waals surface area (Å²) in [5.41, 5.74) is 6.56. The number of phenols is 1. The Bertz CT molecular complexity index is 1070. The molecule has 0 spiro atoms. The van der Waals surface area contributed by atoms with E-state index in [2.05, 4.69) is 40.7 Å². The van der Waals surface area contributed by atoms with E-state index in [0.717, 1.165) is 37.9 Å². The minimum atomic E-state index is 0.264. The highest BCUT2D eigenvalue weighted by atomic mass is 16.3. The van der Waals surface area contributed by atoms with Gasteiger partial charge in [-0.15, -0.1) is 0 Å². The van der Waals surface area contributed by atoms with E-state index < -0.39 is 0 Å². The molecule has 2 unspecified atom stereocenters. The van der Waals surface area contributed by atoms with E-state index in [4.69, 9.17) is 0 Å². The van der Waals surface area contributed by atoms with E-state index in [1.54, 1.807) is 6.07 Å². The van der Waals surface area contributed by atoms with Crippen molar-refractivity contribution in [1.29, 1.82) is 0 Å². The van der Waals surface area contributed by atoms with Gasteiger partial charge in [0.2, 0.25) is 0 Å². The summed E-state index contributed by atoms with van der Waals surface area (Å²) < 4.78 is 0. The predicted molar refractivity (Wildman–Crippen MR) is 116 cm³/mol. The second-order valence-corrected chi connectivity index (χ2v) is 8.79. The predicted octanol–water partition coefficient (Wildman–Crippen LogP) is 4.57. The highest BCUT2D eigenvalue weighted by Crippen LogP contribution is 2.40. The normalized spacial score (nSPS) is 21.7. The van der Waals surface area contributed by atoms with Crippen LogP contribution in [0, 0.1) is 11.8 Å². The van der Waals surface area contributed by atoms with Crippen LogP contribution in [-0.4, -0.2) is 39.7 Å². The molecule has 3 aromatic rings. The molecule has 1 aromatic heterocycles. The van der Waals surface area contributed by atoms with Gasteiger partial charge in [-0.1, -0.05) is 30.8 Å². The molecule has 0 radical (unpaired) electrons. The fourth-order valence-corrected chi connectivity index (χ4v) is 5.46. The third kappa shape index (κ3) is 3.53. The van der Waals surface area contributed by atoms with Gasteiger partial charge in [-0.3, -0.25) is 4.90 Å². The molecule has 2 aliphatic rings. The maximum atomic E-state index is 9.84. The molecule has 1 saturated heterocycles. The number of fused-ring (bicyclic) bond motifs is 4. The Morgan fingerprint density at radius 1 is 1.14 bits per heavy atom. The van der Waals surface area contributed by atoms with Gasteiger partial charge in [-0.25, -0.2) is 0 Å². The summed E-state index contributed by atoms with van der Waals surface area (Å²) >= 11 is 0. The number of hydrogen-bond acceptors (Lipinski definition) is 3. The average Bonchev–Trinajstić information content (AvgIpc) is 3.04. The molecule has 2 atom stereocenters. The van der Waals surface area contributed by atoms with Crippen LogP contribution in [0.1, 0.15) is 28.8 Å². The number of aliphatic hydroxyl groups is 1. The van der Waals surface area contributed by atoms with Crippen molar-refractivity contribution in [2.45, 2.75) is 25.7 Å². The number of aliphatic hydroxyl groups excluding tert-OH is 1. The number of rotatable bonds is 4. The largest absolute Gasteiger partial charge is 0.512 e. The lowest BCUT2D eigenvalue weighted by Gasteiger charge is -2.41. The van der Waals surface area contributed by atoms with Gasteiger partial charge >= 0.3 is 0 Å². The Morgan fingerprint density at radius 2 is 2.00 bits per heavy atom. The summed E-state index contributed by atoms with van der Waals surface area (Å²) in [6, 6.07) is 14.1. The van der Waals surface area contributed by atoms with Crippen molar-refractivity contribution < 1.29 is 10.2 Å². The summed E-state index contributed by atoms with van der Waals surface area (Å²) in [5.74, 6) is 1.93. The van der Waals surface area contributed by atoms with Crippen LogP contribution in [0.2, 0.25) is 0 Å². The number of nitrogens with zero attached hydrogens (tertiary/aromatic N) is 1. The number of H-pyrrole nitrogens is 1. The lowest BCUT2D eigenvalue weighted by molar-refractivity contribution is 0.110. The molecular formula is C25H28N2O2. The third-order valence-corrected chi connectivity index (χ3v) is 6.72. The maximum Gasteiger partial charge on any atom is 0.115 e. The van der Waals surface area contributed by atoms with Crippen LogP contribution in [0.4, 0.5) is 0 Å². The SMILES string of the molecule is C=C(O)CN1CCC2Cc3[nH]c4cccc(Cc5cccc(O)c5)c4c3CC2C1. The van der Waals surface area contributed by atoms with Crippen LogP contribution in [0.15, 0.2) is 54.8 Å². The molecule has 1 aliphatic heterocycles. The van der Waals surface area contributed by atoms with E-state index in [9.17, 15) is 10.2 Å². The molecule has 150 valence electrons. The molecule has 1 fully saturated rings. The number of phenolic OH excluding ortho intramolecular Hbond substituents is 1. The van der Waals surface area contributed by atoms with E-state index in [-0.39, 0.29) is 5.76 Å². The van der Waals surface area contributed by atoms with Crippen molar-refractivity contribution in [2.75, 3.05) is 19.6 Å². The van der Waals surface area contributed by atoms with Gasteiger partial charge in [-0.05, 0) is 79.0 Å². The Kier molecular flexibility index (Phi) is 4.59. The van der Waals surface area contributed by atoms with Crippen LogP contribution < -0.4 is 0 Å². The van der Waals surface area contributed by atoms with Gasteiger partial charge < -0.3 is 15.2 Å². The first kappa shape index (κ1) is 18.3. The van der Waals surface area contributed by atoms with Gasteiger partial charge in [0, 0.05) is 23.1 Å². The zero-order valence-corrected chi connectivity index (χ0v) is 16.7. The number of piperidine rings is 1. The second-order valence-electron chi connectivity index (χ2n) is 8.79. The van der Waals surface area contributed by atoms with Crippen LogP contribution in [-0.2, 0) is 19.3 Å². The molecule has 0 amide bonds. The minimum absolute atomic E-state index is 0.264. The zero-order valence-electron chi connectivity index (χ0n) is 16.7. The van der Waals surface area contributed by atoms with Crippen molar-refractivity contribution in [3.05, 3.63) is 77.2 Å². The van der Waals surface area contributed by atoms with Crippen molar-refractivity contribution in [3.63, 3.8) is 0 Å². The minimum Gasteiger partial charge on any atom is -0.512 e. The number of likely N-dealkylation sites (tertiary alicyclic amines) is 1. The van der Waals surface area contributed by atoms with Crippen molar-refractivity contribution >= 4 is 10.9 Å². The standard InChI is InChI=1S/C25H28N2O2/c1-16(28)14-27-9-8-18-13-24-22(12-20(18)15-27)25-19(5-3-7-23(25)26-24)10-17-4-2-6-21(29)11-17/h2-7,11,18,20,26,28-29H,1,8-10,12-15H2.